The molecule has 0 N–H and O–H groups in total. The van der Waals surface area contributed by atoms with E-state index < -0.39 is 42.7 Å². The zero-order chi connectivity index (χ0) is 24.1. The van der Waals surface area contributed by atoms with Gasteiger partial charge in [-0.2, -0.15) is 4.57 Å². The summed E-state index contributed by atoms with van der Waals surface area (Å²) in [5.74, 6) is -3.47. The molecule has 11 nitrogen and oxygen atoms in total. The van der Waals surface area contributed by atoms with Gasteiger partial charge in [-0.15, -0.1) is 0 Å². The first-order valence-corrected chi connectivity index (χ1v) is 11.1. The first-order valence-electron chi connectivity index (χ1n) is 9.47. The normalized spacial score (nSPS) is 13.4. The van der Waals surface area contributed by atoms with E-state index in [1.54, 1.807) is 18.2 Å². The molecule has 32 heavy (non-hydrogen) atoms. The number of hydrogen-bond acceptors (Lipinski definition) is 9. The van der Waals surface area contributed by atoms with Crippen molar-refractivity contribution < 1.29 is 32.7 Å². The van der Waals surface area contributed by atoms with Crippen molar-refractivity contribution in [1.29, 1.82) is 0 Å². The smallest absolute Gasteiger partial charge is 0.370 e. The molecule has 0 radical (unpaired) electrons. The van der Waals surface area contributed by atoms with Crippen molar-refractivity contribution >= 4 is 19.5 Å². The first-order chi connectivity index (χ1) is 15.1. The van der Waals surface area contributed by atoms with E-state index in [1.807, 2.05) is 0 Å². The van der Waals surface area contributed by atoms with E-state index in [2.05, 4.69) is 4.74 Å². The van der Waals surface area contributed by atoms with Crippen LogP contribution in [0.4, 0.5) is 0 Å². The Balaban J connectivity index is 2.40. The third-order valence-electron chi connectivity index (χ3n) is 4.56. The summed E-state index contributed by atoms with van der Waals surface area (Å²) in [6.45, 7) is 2.78. The molecule has 0 aliphatic rings. The average molecular weight is 468 g/mol. The van der Waals surface area contributed by atoms with Crippen LogP contribution in [0.25, 0.3) is 0 Å². The number of benzene rings is 1. The molecule has 0 aliphatic heterocycles. The van der Waals surface area contributed by atoms with Crippen molar-refractivity contribution in [3.05, 3.63) is 68.5 Å². The summed E-state index contributed by atoms with van der Waals surface area (Å²) < 4.78 is 34.1. The fourth-order valence-electron chi connectivity index (χ4n) is 2.92. The van der Waals surface area contributed by atoms with E-state index in [0.29, 0.717) is 4.57 Å². The molecule has 174 valence electrons. The Morgan fingerprint density at radius 3 is 2.19 bits per heavy atom. The van der Waals surface area contributed by atoms with Gasteiger partial charge < -0.3 is 18.5 Å². The Morgan fingerprint density at radius 2 is 1.66 bits per heavy atom. The zero-order valence-corrected chi connectivity index (χ0v) is 19.2. The summed E-state index contributed by atoms with van der Waals surface area (Å²) >= 11 is 0. The van der Waals surface area contributed by atoms with Crippen LogP contribution >= 0.6 is 7.60 Å². The van der Waals surface area contributed by atoms with Crippen molar-refractivity contribution in [2.75, 3.05) is 21.3 Å². The molecule has 2 aromatic rings. The first kappa shape index (κ1) is 25.4. The van der Waals surface area contributed by atoms with Crippen molar-refractivity contribution in [3.8, 4) is 0 Å². The van der Waals surface area contributed by atoms with Gasteiger partial charge in [0.15, 0.2) is 0 Å². The fraction of sp³-hybridized carbons (Fsp3) is 0.400. The Labute approximate surface area is 184 Å². The maximum atomic E-state index is 12.9. The van der Waals surface area contributed by atoms with E-state index in [9.17, 15) is 23.7 Å². The Morgan fingerprint density at radius 1 is 1.06 bits per heavy atom. The molecule has 0 aliphatic carbocycles. The number of methoxy groups -OCH3 is 1. The van der Waals surface area contributed by atoms with Crippen molar-refractivity contribution in [1.82, 2.24) is 9.13 Å². The van der Waals surface area contributed by atoms with Crippen LogP contribution in [-0.4, -0.2) is 54.3 Å². The highest BCUT2D eigenvalue weighted by atomic mass is 31.2. The second-order valence-electron chi connectivity index (χ2n) is 6.79. The molecule has 12 heteroatoms. The monoisotopic (exact) mass is 468 g/mol. The zero-order valence-electron chi connectivity index (χ0n) is 18.3. The highest BCUT2D eigenvalue weighted by molar-refractivity contribution is 7.55. The van der Waals surface area contributed by atoms with Crippen LogP contribution in [0.1, 0.15) is 22.8 Å². The van der Waals surface area contributed by atoms with Gasteiger partial charge in [0.1, 0.15) is 0 Å². The number of carbonyl (C=O) groups is 2. The number of carbonyl (C=O) groups excluding carboxylic acids is 2. The minimum atomic E-state index is -4.01. The van der Waals surface area contributed by atoms with Crippen molar-refractivity contribution in [3.63, 3.8) is 0 Å². The quantitative estimate of drug-likeness (QED) is 0.396. The lowest BCUT2D eigenvalue weighted by Crippen LogP contribution is -2.46. The molecule has 2 atom stereocenters. The van der Waals surface area contributed by atoms with Gasteiger partial charge in [0.05, 0.1) is 19.8 Å². The predicted molar refractivity (Wildman–Crippen MR) is 114 cm³/mol. The highest BCUT2D eigenvalue weighted by Gasteiger charge is 2.43. The third-order valence-corrected chi connectivity index (χ3v) is 6.49. The number of rotatable bonds is 9. The summed E-state index contributed by atoms with van der Waals surface area (Å²) in [5.41, 5.74) is -1.32. The molecule has 0 amide bonds. The van der Waals surface area contributed by atoms with Crippen LogP contribution in [0.15, 0.2) is 46.1 Å². The van der Waals surface area contributed by atoms with Gasteiger partial charge in [0.25, 0.3) is 17.3 Å². The summed E-state index contributed by atoms with van der Waals surface area (Å²) in [4.78, 5) is 50.3. The molecular formula is C20H25N2O9P. The lowest BCUT2D eigenvalue weighted by atomic mass is 10.2. The summed E-state index contributed by atoms with van der Waals surface area (Å²) in [5, 5.41) is 0. The molecule has 2 rings (SSSR count). The molecule has 1 heterocycles. The average Bonchev–Trinajstić information content (AvgIpc) is 2.80. The van der Waals surface area contributed by atoms with Crippen LogP contribution in [-0.2, 0) is 34.4 Å². The van der Waals surface area contributed by atoms with Crippen molar-refractivity contribution in [2.45, 2.75) is 32.3 Å². The standard InChI is InChI=1S/C20H25N2O9P/c1-13-11-21(12-14(2)31-19(18(25)28-3)32(27,29-4)30-5)20(26)22(16(13)23)17(24)15-9-7-6-8-10-15/h6-11,14,19H,12H2,1-5H3. The van der Waals surface area contributed by atoms with Crippen LogP contribution in [0.5, 0.6) is 0 Å². The van der Waals surface area contributed by atoms with Gasteiger partial charge in [0, 0.05) is 31.5 Å². The van der Waals surface area contributed by atoms with E-state index in [0.717, 1.165) is 25.9 Å². The van der Waals surface area contributed by atoms with Crippen molar-refractivity contribution in [2.24, 2.45) is 0 Å². The predicted octanol–water partition coefficient (Wildman–Crippen LogP) is 1.40. The Hall–Kier alpha value is -2.85. The largest absolute Gasteiger partial charge is 0.467 e. The van der Waals surface area contributed by atoms with Crippen LogP contribution < -0.4 is 11.2 Å². The van der Waals surface area contributed by atoms with E-state index in [1.165, 1.54) is 32.2 Å². The molecule has 0 saturated carbocycles. The van der Waals surface area contributed by atoms with Crippen LogP contribution in [0.2, 0.25) is 0 Å². The fourth-order valence-corrected chi connectivity index (χ4v) is 4.17. The van der Waals surface area contributed by atoms with E-state index >= 15 is 0 Å². The van der Waals surface area contributed by atoms with E-state index in [4.69, 9.17) is 13.8 Å². The van der Waals surface area contributed by atoms with Gasteiger partial charge in [-0.05, 0) is 26.0 Å². The maximum Gasteiger partial charge on any atom is 0.370 e. The molecule has 0 saturated heterocycles. The molecule has 0 spiro atoms. The molecule has 1 aromatic carbocycles. The number of aryl methyl sites for hydroxylation is 1. The Kier molecular flexibility index (Phi) is 8.45. The number of ether oxygens (including phenoxy) is 2. The highest BCUT2D eigenvalue weighted by Crippen LogP contribution is 2.52. The van der Waals surface area contributed by atoms with Gasteiger partial charge in [-0.25, -0.2) is 9.59 Å². The Bertz CT molecular complexity index is 1130. The summed E-state index contributed by atoms with van der Waals surface area (Å²) in [7, 11) is -0.748. The van der Waals surface area contributed by atoms with Gasteiger partial charge in [-0.1, -0.05) is 18.2 Å². The summed E-state index contributed by atoms with van der Waals surface area (Å²) in [6, 6.07) is 7.89. The second kappa shape index (κ2) is 10.6. The van der Waals surface area contributed by atoms with Crippen LogP contribution in [0.3, 0.4) is 0 Å². The number of aromatic nitrogens is 2. The lowest BCUT2D eigenvalue weighted by molar-refractivity contribution is -0.152. The lowest BCUT2D eigenvalue weighted by Gasteiger charge is -2.25. The van der Waals surface area contributed by atoms with Gasteiger partial charge in [-0.3, -0.25) is 18.7 Å². The van der Waals surface area contributed by atoms with Gasteiger partial charge in [0.2, 0.25) is 0 Å². The second-order valence-corrected chi connectivity index (χ2v) is 9.06. The molecule has 0 fully saturated rings. The summed E-state index contributed by atoms with van der Waals surface area (Å²) in [6.07, 6.45) is 0.381. The van der Waals surface area contributed by atoms with Gasteiger partial charge >= 0.3 is 19.3 Å². The molecule has 0 bridgehead atoms. The van der Waals surface area contributed by atoms with Crippen LogP contribution in [0, 0.1) is 6.92 Å². The maximum absolute atomic E-state index is 12.9. The number of esters is 1. The SMILES string of the molecule is COC(=O)C(OC(C)Cn1cc(C)c(=O)n(C(=O)c2ccccc2)c1=O)P(=O)(OC)OC. The van der Waals surface area contributed by atoms with E-state index in [-0.39, 0.29) is 17.7 Å². The topological polar surface area (TPSA) is 132 Å². The minimum absolute atomic E-state index is 0.144. The third kappa shape index (κ3) is 5.31. The number of nitrogens with zero attached hydrogens (tertiary/aromatic N) is 2. The minimum Gasteiger partial charge on any atom is -0.467 e. The molecule has 1 aromatic heterocycles. The molecule has 2 unspecified atom stereocenters. The molecular weight excluding hydrogens is 443 g/mol. The number of hydrogen-bond donors (Lipinski definition) is 0.